The van der Waals surface area contributed by atoms with Crippen LogP contribution in [0.4, 0.5) is 0 Å². The first-order valence-corrected chi connectivity index (χ1v) is 8.16. The van der Waals surface area contributed by atoms with Gasteiger partial charge in [-0.3, -0.25) is 0 Å². The first-order valence-electron chi connectivity index (χ1n) is 6.93. The number of amidine groups is 1. The summed E-state index contributed by atoms with van der Waals surface area (Å²) in [6.07, 6.45) is 4.48. The summed E-state index contributed by atoms with van der Waals surface area (Å²) in [5, 5.41) is 15.2. The van der Waals surface area contributed by atoms with Gasteiger partial charge in [0.15, 0.2) is 5.84 Å². The largest absolute Gasteiger partial charge is 0.409 e. The van der Waals surface area contributed by atoms with E-state index < -0.39 is 0 Å². The molecule has 0 bridgehead atoms. The second-order valence-electron chi connectivity index (χ2n) is 4.88. The van der Waals surface area contributed by atoms with Crippen molar-refractivity contribution < 1.29 is 5.21 Å². The molecule has 20 heavy (non-hydrogen) atoms. The van der Waals surface area contributed by atoms with Crippen LogP contribution >= 0.6 is 11.8 Å². The van der Waals surface area contributed by atoms with Crippen molar-refractivity contribution in [1.29, 1.82) is 0 Å². The highest BCUT2D eigenvalue weighted by Crippen LogP contribution is 2.29. The Morgan fingerprint density at radius 2 is 2.10 bits per heavy atom. The molecule has 0 aliphatic rings. The molecule has 0 saturated carbocycles. The normalized spacial score (nSPS) is 12.7. The lowest BCUT2D eigenvalue weighted by molar-refractivity contribution is 0.318. The van der Waals surface area contributed by atoms with Crippen LogP contribution in [0.2, 0.25) is 0 Å². The van der Waals surface area contributed by atoms with E-state index in [9.17, 15) is 0 Å². The minimum Gasteiger partial charge on any atom is -0.409 e. The highest BCUT2D eigenvalue weighted by atomic mass is 32.2. The van der Waals surface area contributed by atoms with Crippen LogP contribution in [0.25, 0.3) is 0 Å². The van der Waals surface area contributed by atoms with E-state index in [1.54, 1.807) is 0 Å². The molecule has 0 amide bonds. The van der Waals surface area contributed by atoms with Gasteiger partial charge in [-0.2, -0.15) is 11.8 Å². The van der Waals surface area contributed by atoms with Gasteiger partial charge in [-0.1, -0.05) is 37.2 Å². The van der Waals surface area contributed by atoms with Crippen molar-refractivity contribution in [3.05, 3.63) is 35.4 Å². The number of hydrogen-bond acceptors (Lipinski definition) is 4. The lowest BCUT2D eigenvalue weighted by atomic mass is 10.0. The molecule has 1 aromatic rings. The minimum atomic E-state index is 0.146. The zero-order chi connectivity index (χ0) is 15.0. The van der Waals surface area contributed by atoms with Gasteiger partial charge < -0.3 is 16.3 Å². The Hall–Kier alpha value is -1.20. The molecular weight excluding hydrogens is 270 g/mol. The van der Waals surface area contributed by atoms with Gasteiger partial charge in [0, 0.05) is 23.4 Å². The van der Waals surface area contributed by atoms with E-state index in [0.717, 1.165) is 37.1 Å². The van der Waals surface area contributed by atoms with Crippen LogP contribution in [0.5, 0.6) is 0 Å². The highest BCUT2D eigenvalue weighted by Gasteiger charge is 2.23. The average Bonchev–Trinajstić information content (AvgIpc) is 2.51. The van der Waals surface area contributed by atoms with Gasteiger partial charge in [0.2, 0.25) is 0 Å². The quantitative estimate of drug-likeness (QED) is 0.298. The van der Waals surface area contributed by atoms with Crippen LogP contribution in [-0.4, -0.2) is 28.6 Å². The minimum absolute atomic E-state index is 0.146. The average molecular weight is 295 g/mol. The molecule has 0 aliphatic heterocycles. The van der Waals surface area contributed by atoms with Gasteiger partial charge in [0.1, 0.15) is 0 Å². The Morgan fingerprint density at radius 1 is 1.40 bits per heavy atom. The van der Waals surface area contributed by atoms with Gasteiger partial charge in [-0.25, -0.2) is 0 Å². The number of nitrogens with zero attached hydrogens (tertiary/aromatic N) is 1. The molecule has 0 atom stereocenters. The number of hydrogen-bond donors (Lipinski definition) is 3. The second-order valence-corrected chi connectivity index (χ2v) is 6.16. The molecule has 0 aliphatic carbocycles. The highest BCUT2D eigenvalue weighted by molar-refractivity contribution is 8.00. The smallest absolute Gasteiger partial charge is 0.170 e. The number of benzene rings is 1. The number of thioether (sulfide) groups is 1. The van der Waals surface area contributed by atoms with Crippen LogP contribution in [0.3, 0.4) is 0 Å². The zero-order valence-electron chi connectivity index (χ0n) is 12.5. The van der Waals surface area contributed by atoms with Crippen LogP contribution in [0.15, 0.2) is 29.4 Å². The Kier molecular flexibility index (Phi) is 6.88. The zero-order valence-corrected chi connectivity index (χ0v) is 13.3. The lowest BCUT2D eigenvalue weighted by Gasteiger charge is -2.30. The van der Waals surface area contributed by atoms with Crippen molar-refractivity contribution >= 4 is 17.6 Å². The third-order valence-corrected chi connectivity index (χ3v) is 5.42. The fourth-order valence-electron chi connectivity index (χ4n) is 2.19. The summed E-state index contributed by atoms with van der Waals surface area (Å²) in [6.45, 7) is 6.24. The molecule has 0 aromatic heterocycles. The van der Waals surface area contributed by atoms with Crippen molar-refractivity contribution in [3.63, 3.8) is 0 Å². The first kappa shape index (κ1) is 16.9. The van der Waals surface area contributed by atoms with E-state index in [-0.39, 0.29) is 5.84 Å². The fourth-order valence-corrected chi connectivity index (χ4v) is 3.02. The maximum atomic E-state index is 8.70. The molecule has 0 saturated heterocycles. The van der Waals surface area contributed by atoms with E-state index in [2.05, 4.69) is 30.6 Å². The third kappa shape index (κ3) is 4.42. The maximum absolute atomic E-state index is 8.70. The Balaban J connectivity index is 2.62. The van der Waals surface area contributed by atoms with Crippen LogP contribution in [0.1, 0.15) is 37.8 Å². The molecule has 4 N–H and O–H groups in total. The molecule has 0 spiro atoms. The predicted octanol–water partition coefficient (Wildman–Crippen LogP) is 2.79. The lowest BCUT2D eigenvalue weighted by Crippen LogP contribution is -2.36. The summed E-state index contributed by atoms with van der Waals surface area (Å²) in [6, 6.07) is 7.75. The first-order chi connectivity index (χ1) is 9.60. The molecule has 1 aromatic carbocycles. The Bertz CT molecular complexity index is 436. The molecule has 0 fully saturated rings. The van der Waals surface area contributed by atoms with Gasteiger partial charge in [-0.15, -0.1) is 0 Å². The third-order valence-electron chi connectivity index (χ3n) is 3.83. The standard InChI is InChI=1S/C15H25N3OS/c1-4-15(5-2,20-3)11-17-10-12-7-6-8-13(9-12)14(16)18-19/h6-9,17,19H,4-5,10-11H2,1-3H3,(H2,16,18). The van der Waals surface area contributed by atoms with Crippen molar-refractivity contribution in [1.82, 2.24) is 5.32 Å². The molecule has 4 nitrogen and oxygen atoms in total. The van der Waals surface area contributed by atoms with E-state index in [0.29, 0.717) is 4.75 Å². The van der Waals surface area contributed by atoms with E-state index in [1.165, 1.54) is 0 Å². The fraction of sp³-hybridized carbons (Fsp3) is 0.533. The number of nitrogens with one attached hydrogen (secondary N) is 1. The molecule has 0 unspecified atom stereocenters. The summed E-state index contributed by atoms with van der Waals surface area (Å²) in [5.74, 6) is 0.146. The van der Waals surface area contributed by atoms with Gasteiger partial charge in [0.25, 0.3) is 0 Å². The molecule has 1 rings (SSSR count). The summed E-state index contributed by atoms with van der Waals surface area (Å²) in [4.78, 5) is 0. The predicted molar refractivity (Wildman–Crippen MR) is 87.5 cm³/mol. The SMILES string of the molecule is CCC(CC)(CNCc1cccc(/C(N)=N/O)c1)SC. The maximum Gasteiger partial charge on any atom is 0.170 e. The van der Waals surface area contributed by atoms with Crippen LogP contribution in [-0.2, 0) is 6.54 Å². The van der Waals surface area contributed by atoms with Crippen molar-refractivity contribution in [3.8, 4) is 0 Å². The van der Waals surface area contributed by atoms with E-state index >= 15 is 0 Å². The monoisotopic (exact) mass is 295 g/mol. The summed E-state index contributed by atoms with van der Waals surface area (Å²) in [5.41, 5.74) is 7.48. The summed E-state index contributed by atoms with van der Waals surface area (Å²) < 4.78 is 0.309. The Morgan fingerprint density at radius 3 is 2.65 bits per heavy atom. The van der Waals surface area contributed by atoms with Gasteiger partial charge in [-0.05, 0) is 30.7 Å². The van der Waals surface area contributed by atoms with Crippen molar-refractivity contribution in [2.24, 2.45) is 10.9 Å². The molecule has 112 valence electrons. The van der Waals surface area contributed by atoms with Crippen LogP contribution < -0.4 is 11.1 Å². The summed E-state index contributed by atoms with van der Waals surface area (Å²) in [7, 11) is 0. The number of rotatable bonds is 8. The topological polar surface area (TPSA) is 70.6 Å². The number of nitrogens with two attached hydrogens (primary N) is 1. The van der Waals surface area contributed by atoms with Crippen molar-refractivity contribution in [2.45, 2.75) is 38.0 Å². The number of oxime groups is 1. The van der Waals surface area contributed by atoms with Crippen molar-refractivity contribution in [2.75, 3.05) is 12.8 Å². The van der Waals surface area contributed by atoms with E-state index in [1.807, 2.05) is 36.0 Å². The molecule has 5 heteroatoms. The Labute approximate surface area is 125 Å². The molecule has 0 heterocycles. The van der Waals surface area contributed by atoms with E-state index in [4.69, 9.17) is 10.9 Å². The molecular formula is C15H25N3OS. The molecule has 0 radical (unpaired) electrons. The second kappa shape index (κ2) is 8.17. The van der Waals surface area contributed by atoms with Gasteiger partial charge >= 0.3 is 0 Å². The van der Waals surface area contributed by atoms with Crippen LogP contribution in [0, 0.1) is 0 Å². The van der Waals surface area contributed by atoms with Gasteiger partial charge in [0.05, 0.1) is 0 Å². The summed E-state index contributed by atoms with van der Waals surface area (Å²) >= 11 is 1.93.